The summed E-state index contributed by atoms with van der Waals surface area (Å²) < 4.78 is 14.6. The van der Waals surface area contributed by atoms with Gasteiger partial charge in [-0.05, 0) is 36.4 Å². The Bertz CT molecular complexity index is 861. The van der Waals surface area contributed by atoms with Crippen molar-refractivity contribution in [2.75, 3.05) is 13.2 Å². The quantitative estimate of drug-likeness (QED) is 0.129. The third kappa shape index (κ3) is 7.69. The predicted octanol–water partition coefficient (Wildman–Crippen LogP) is 8.06. The molecular formula is C29H42NO2+. The summed E-state index contributed by atoms with van der Waals surface area (Å²) in [6, 6.07) is 12.8. The Morgan fingerprint density at radius 3 is 1.81 bits per heavy atom. The Balaban J connectivity index is 1.65. The van der Waals surface area contributed by atoms with Crippen LogP contribution in [0.2, 0.25) is 0 Å². The van der Waals surface area contributed by atoms with Gasteiger partial charge in [-0.2, -0.15) is 4.40 Å². The van der Waals surface area contributed by atoms with Crippen molar-refractivity contribution in [1.29, 1.82) is 0 Å². The molecule has 0 spiro atoms. The summed E-state index contributed by atoms with van der Waals surface area (Å²) in [7, 11) is 0. The van der Waals surface area contributed by atoms with Crippen LogP contribution in [0.5, 0.6) is 11.5 Å². The van der Waals surface area contributed by atoms with Crippen LogP contribution in [0, 0.1) is 0 Å². The summed E-state index contributed by atoms with van der Waals surface area (Å²) in [4.78, 5) is 0. The van der Waals surface area contributed by atoms with E-state index in [2.05, 4.69) is 67.0 Å². The highest BCUT2D eigenvalue weighted by molar-refractivity contribution is 5.87. The molecule has 32 heavy (non-hydrogen) atoms. The third-order valence-corrected chi connectivity index (χ3v) is 6.16. The summed E-state index contributed by atoms with van der Waals surface area (Å²) in [5.74, 6) is 1.77. The monoisotopic (exact) mass is 436 g/mol. The van der Waals surface area contributed by atoms with Crippen LogP contribution in [0.4, 0.5) is 0 Å². The van der Waals surface area contributed by atoms with Crippen LogP contribution in [-0.4, -0.2) is 13.2 Å². The molecule has 0 aliphatic carbocycles. The van der Waals surface area contributed by atoms with Crippen LogP contribution in [0.25, 0.3) is 16.3 Å². The van der Waals surface area contributed by atoms with Gasteiger partial charge in [-0.25, -0.2) is 0 Å². The van der Waals surface area contributed by atoms with Crippen molar-refractivity contribution in [2.45, 2.75) is 90.9 Å². The molecule has 0 bridgehead atoms. The van der Waals surface area contributed by atoms with E-state index in [9.17, 15) is 0 Å². The van der Waals surface area contributed by atoms with Crippen molar-refractivity contribution < 1.29 is 13.9 Å². The fourth-order valence-electron chi connectivity index (χ4n) is 4.20. The lowest BCUT2D eigenvalue weighted by Gasteiger charge is -2.14. The van der Waals surface area contributed by atoms with Crippen LogP contribution in [0.1, 0.15) is 90.9 Å². The molecule has 3 aromatic rings. The Hall–Kier alpha value is -2.29. The van der Waals surface area contributed by atoms with Gasteiger partial charge in [-0.15, -0.1) is 0 Å². The van der Waals surface area contributed by atoms with Crippen LogP contribution < -0.4 is 13.9 Å². The maximum Gasteiger partial charge on any atom is 0.211 e. The van der Waals surface area contributed by atoms with Gasteiger partial charge in [0, 0.05) is 18.2 Å². The highest BCUT2D eigenvalue weighted by Crippen LogP contribution is 2.33. The molecule has 0 aliphatic rings. The molecule has 3 nitrogen and oxygen atoms in total. The molecule has 0 amide bonds. The zero-order chi connectivity index (χ0) is 22.4. The van der Waals surface area contributed by atoms with Gasteiger partial charge >= 0.3 is 0 Å². The zero-order valence-electron chi connectivity index (χ0n) is 20.3. The van der Waals surface area contributed by atoms with E-state index in [1.54, 1.807) is 0 Å². The first-order valence-electron chi connectivity index (χ1n) is 12.9. The first kappa shape index (κ1) is 24.4. The summed E-state index contributed by atoms with van der Waals surface area (Å²) in [6.45, 7) is 6.04. The van der Waals surface area contributed by atoms with Gasteiger partial charge in [0.05, 0.1) is 18.6 Å². The Labute approximate surface area is 194 Å². The van der Waals surface area contributed by atoms with Gasteiger partial charge in [0.15, 0.2) is 23.9 Å². The molecule has 0 unspecified atom stereocenters. The minimum atomic E-state index is 0.756. The topological polar surface area (TPSA) is 22.6 Å². The summed E-state index contributed by atoms with van der Waals surface area (Å²) in [5, 5.41) is 2.37. The van der Waals surface area contributed by atoms with Gasteiger partial charge in [-0.3, -0.25) is 0 Å². The molecule has 174 valence electrons. The number of pyridine rings is 2. The van der Waals surface area contributed by atoms with Crippen LogP contribution in [0.3, 0.4) is 0 Å². The van der Waals surface area contributed by atoms with Crippen LogP contribution in [0.15, 0.2) is 48.8 Å². The fourth-order valence-corrected chi connectivity index (χ4v) is 4.20. The van der Waals surface area contributed by atoms with E-state index < -0.39 is 0 Å². The largest absolute Gasteiger partial charge is 0.490 e. The molecule has 0 radical (unpaired) electrons. The SMILES string of the molecule is CCCCCCCCOc1cc2cc3cccc[n+]3cc2cc1OCCCCCCCC. The molecule has 0 aliphatic heterocycles. The number of ether oxygens (including phenoxy) is 2. The molecule has 2 aromatic heterocycles. The van der Waals surface area contributed by atoms with E-state index in [4.69, 9.17) is 9.47 Å². The Morgan fingerprint density at radius 1 is 0.625 bits per heavy atom. The first-order valence-corrected chi connectivity index (χ1v) is 12.9. The van der Waals surface area contributed by atoms with Crippen molar-refractivity contribution >= 4 is 16.3 Å². The standard InChI is InChI=1S/C29H42NO2/c1-3-5-7-9-11-15-19-31-28-22-25-21-27-17-13-14-18-30(27)24-26(25)23-29(28)32-20-16-12-10-8-6-4-2/h13-14,17-18,21-24H,3-12,15-16,19-20H2,1-2H3/q+1. The summed E-state index contributed by atoms with van der Waals surface area (Å²) in [6.07, 6.45) is 19.5. The minimum Gasteiger partial charge on any atom is -0.490 e. The molecule has 1 aromatic carbocycles. The number of benzene rings is 1. The number of hydrogen-bond donors (Lipinski definition) is 0. The van der Waals surface area contributed by atoms with Gasteiger partial charge in [0.25, 0.3) is 0 Å². The van der Waals surface area contributed by atoms with E-state index in [1.165, 1.54) is 80.5 Å². The van der Waals surface area contributed by atoms with Crippen molar-refractivity contribution in [3.63, 3.8) is 0 Å². The minimum absolute atomic E-state index is 0.756. The van der Waals surface area contributed by atoms with E-state index in [1.807, 2.05) is 0 Å². The molecule has 3 rings (SSSR count). The Kier molecular flexibility index (Phi) is 10.6. The number of rotatable bonds is 16. The lowest BCUT2D eigenvalue weighted by molar-refractivity contribution is -0.510. The summed E-state index contributed by atoms with van der Waals surface area (Å²) >= 11 is 0. The van der Waals surface area contributed by atoms with E-state index in [0.717, 1.165) is 37.6 Å². The first-order chi connectivity index (χ1) is 15.8. The average molecular weight is 437 g/mol. The van der Waals surface area contributed by atoms with E-state index in [-0.39, 0.29) is 0 Å². The van der Waals surface area contributed by atoms with Crippen molar-refractivity contribution in [3.05, 3.63) is 48.8 Å². The number of fused-ring (bicyclic) bond motifs is 2. The number of unbranched alkanes of at least 4 members (excludes halogenated alkanes) is 10. The average Bonchev–Trinajstić information content (AvgIpc) is 2.81. The second-order valence-electron chi connectivity index (χ2n) is 8.97. The van der Waals surface area contributed by atoms with Crippen molar-refractivity contribution in [2.24, 2.45) is 0 Å². The van der Waals surface area contributed by atoms with E-state index in [0.29, 0.717) is 0 Å². The fraction of sp³-hybridized carbons (Fsp3) is 0.552. The van der Waals surface area contributed by atoms with E-state index >= 15 is 0 Å². The van der Waals surface area contributed by atoms with Gasteiger partial charge in [-0.1, -0.05) is 78.1 Å². The molecule has 0 atom stereocenters. The number of nitrogens with zero attached hydrogens (tertiary/aromatic N) is 1. The third-order valence-electron chi connectivity index (χ3n) is 6.16. The predicted molar refractivity (Wildman–Crippen MR) is 135 cm³/mol. The highest BCUT2D eigenvalue weighted by atomic mass is 16.5. The zero-order valence-corrected chi connectivity index (χ0v) is 20.3. The lowest BCUT2D eigenvalue weighted by atomic mass is 10.1. The van der Waals surface area contributed by atoms with Crippen LogP contribution in [-0.2, 0) is 0 Å². The molecule has 2 heterocycles. The van der Waals surface area contributed by atoms with Crippen LogP contribution >= 0.6 is 0 Å². The lowest BCUT2D eigenvalue weighted by Crippen LogP contribution is -2.19. The van der Waals surface area contributed by atoms with Gasteiger partial charge in [0.2, 0.25) is 5.52 Å². The normalized spacial score (nSPS) is 11.3. The maximum absolute atomic E-state index is 6.24. The van der Waals surface area contributed by atoms with Gasteiger partial charge in [0.1, 0.15) is 0 Å². The molecule has 0 fully saturated rings. The maximum atomic E-state index is 6.24. The molecule has 0 saturated carbocycles. The molecule has 0 saturated heterocycles. The van der Waals surface area contributed by atoms with Gasteiger partial charge < -0.3 is 9.47 Å². The highest BCUT2D eigenvalue weighted by Gasteiger charge is 2.12. The number of hydrogen-bond acceptors (Lipinski definition) is 2. The molecule has 0 N–H and O–H groups in total. The number of aromatic nitrogens is 1. The molecular weight excluding hydrogens is 394 g/mol. The smallest absolute Gasteiger partial charge is 0.211 e. The van der Waals surface area contributed by atoms with Crippen molar-refractivity contribution in [1.82, 2.24) is 0 Å². The Morgan fingerprint density at radius 2 is 1.19 bits per heavy atom. The molecule has 3 heteroatoms. The van der Waals surface area contributed by atoms with Crippen molar-refractivity contribution in [3.8, 4) is 11.5 Å². The second kappa shape index (κ2) is 14.0. The summed E-state index contributed by atoms with van der Waals surface area (Å²) in [5.41, 5.74) is 1.18. The second-order valence-corrected chi connectivity index (χ2v) is 8.97.